The van der Waals surface area contributed by atoms with Crippen molar-refractivity contribution in [3.05, 3.63) is 29.3 Å². The van der Waals surface area contributed by atoms with Gasteiger partial charge in [-0.3, -0.25) is 0 Å². The molecule has 1 aromatic rings. The van der Waals surface area contributed by atoms with Gasteiger partial charge in [0.05, 0.1) is 0 Å². The fraction of sp³-hybridized carbons (Fsp3) is 0.600. The van der Waals surface area contributed by atoms with Crippen LogP contribution >= 0.6 is 15.9 Å². The molecule has 2 unspecified atom stereocenters. The minimum absolute atomic E-state index is 0.680. The maximum atomic E-state index is 3.52. The SMILES string of the molecule is Cc1cc(CBr)ccc1N1CC(C)CCC1C. The van der Waals surface area contributed by atoms with Gasteiger partial charge in [-0.15, -0.1) is 0 Å². The van der Waals surface area contributed by atoms with E-state index in [4.69, 9.17) is 0 Å². The molecule has 1 fully saturated rings. The van der Waals surface area contributed by atoms with Gasteiger partial charge in [0.15, 0.2) is 0 Å². The molecule has 2 rings (SSSR count). The Kier molecular flexibility index (Phi) is 4.13. The van der Waals surface area contributed by atoms with Crippen LogP contribution in [0.2, 0.25) is 0 Å². The van der Waals surface area contributed by atoms with Crippen molar-refractivity contribution in [2.24, 2.45) is 5.92 Å². The molecule has 17 heavy (non-hydrogen) atoms. The van der Waals surface area contributed by atoms with Crippen LogP contribution in [-0.4, -0.2) is 12.6 Å². The Labute approximate surface area is 113 Å². The summed E-state index contributed by atoms with van der Waals surface area (Å²) in [7, 11) is 0. The van der Waals surface area contributed by atoms with E-state index in [9.17, 15) is 0 Å². The second-order valence-electron chi connectivity index (χ2n) is 5.44. The minimum Gasteiger partial charge on any atom is -0.368 e. The summed E-state index contributed by atoms with van der Waals surface area (Å²) in [5, 5.41) is 0.945. The van der Waals surface area contributed by atoms with Gasteiger partial charge in [-0.2, -0.15) is 0 Å². The number of aryl methyl sites for hydroxylation is 1. The molecule has 94 valence electrons. The molecule has 0 spiro atoms. The molecular formula is C15H22BrN. The van der Waals surface area contributed by atoms with Crippen LogP contribution in [0.25, 0.3) is 0 Å². The van der Waals surface area contributed by atoms with Gasteiger partial charge < -0.3 is 4.90 Å². The Bertz CT molecular complexity index is 389. The second kappa shape index (κ2) is 5.43. The van der Waals surface area contributed by atoms with Crippen molar-refractivity contribution in [1.29, 1.82) is 0 Å². The molecule has 1 saturated heterocycles. The minimum atomic E-state index is 0.680. The molecule has 0 amide bonds. The first-order valence-electron chi connectivity index (χ1n) is 6.54. The largest absolute Gasteiger partial charge is 0.368 e. The number of alkyl halides is 1. The molecule has 0 aromatic heterocycles. The highest BCUT2D eigenvalue weighted by Gasteiger charge is 2.23. The number of anilines is 1. The molecule has 1 nitrogen and oxygen atoms in total. The molecule has 0 saturated carbocycles. The average molecular weight is 296 g/mol. The normalized spacial score (nSPS) is 25.1. The predicted molar refractivity (Wildman–Crippen MR) is 79.0 cm³/mol. The van der Waals surface area contributed by atoms with Crippen molar-refractivity contribution >= 4 is 21.6 Å². The molecule has 1 aromatic carbocycles. The monoisotopic (exact) mass is 295 g/mol. The van der Waals surface area contributed by atoms with Gasteiger partial charge in [0.25, 0.3) is 0 Å². The molecule has 1 heterocycles. The van der Waals surface area contributed by atoms with Crippen molar-refractivity contribution in [1.82, 2.24) is 0 Å². The van der Waals surface area contributed by atoms with Gasteiger partial charge in [0.2, 0.25) is 0 Å². The summed E-state index contributed by atoms with van der Waals surface area (Å²) >= 11 is 3.52. The molecule has 0 radical (unpaired) electrons. The number of piperidine rings is 1. The Balaban J connectivity index is 2.26. The number of hydrogen-bond donors (Lipinski definition) is 0. The van der Waals surface area contributed by atoms with E-state index in [0.717, 1.165) is 11.2 Å². The molecular weight excluding hydrogens is 274 g/mol. The standard InChI is InChI=1S/C15H22BrN/c1-11-4-5-13(3)17(10-11)15-7-6-14(9-16)8-12(15)2/h6-8,11,13H,4-5,9-10H2,1-3H3. The van der Waals surface area contributed by atoms with E-state index in [1.54, 1.807) is 0 Å². The molecule has 0 aliphatic carbocycles. The molecule has 2 heteroatoms. The zero-order chi connectivity index (χ0) is 12.4. The van der Waals surface area contributed by atoms with Crippen LogP contribution in [0.4, 0.5) is 5.69 Å². The summed E-state index contributed by atoms with van der Waals surface area (Å²) in [6, 6.07) is 7.51. The Morgan fingerprint density at radius 3 is 2.71 bits per heavy atom. The number of nitrogens with zero attached hydrogens (tertiary/aromatic N) is 1. The number of rotatable bonds is 2. The lowest BCUT2D eigenvalue weighted by Crippen LogP contribution is -2.41. The van der Waals surface area contributed by atoms with Crippen LogP contribution in [0.3, 0.4) is 0 Å². The third kappa shape index (κ3) is 2.85. The van der Waals surface area contributed by atoms with Gasteiger partial charge in [-0.1, -0.05) is 35.0 Å². The molecule has 0 N–H and O–H groups in total. The van der Waals surface area contributed by atoms with Crippen LogP contribution in [0.15, 0.2) is 18.2 Å². The first kappa shape index (κ1) is 12.9. The van der Waals surface area contributed by atoms with E-state index in [-0.39, 0.29) is 0 Å². The van der Waals surface area contributed by atoms with E-state index in [2.05, 4.69) is 59.8 Å². The average Bonchev–Trinajstić information content (AvgIpc) is 2.32. The van der Waals surface area contributed by atoms with E-state index in [1.165, 1.54) is 36.2 Å². The van der Waals surface area contributed by atoms with E-state index in [1.807, 2.05) is 0 Å². The summed E-state index contributed by atoms with van der Waals surface area (Å²) in [6.45, 7) is 8.15. The topological polar surface area (TPSA) is 3.24 Å². The molecule has 1 aliphatic heterocycles. The van der Waals surface area contributed by atoms with Crippen LogP contribution in [0.5, 0.6) is 0 Å². The predicted octanol–water partition coefficient (Wildman–Crippen LogP) is 4.51. The maximum Gasteiger partial charge on any atom is 0.0398 e. The van der Waals surface area contributed by atoms with Crippen LogP contribution in [-0.2, 0) is 5.33 Å². The van der Waals surface area contributed by atoms with Gasteiger partial charge in [-0.25, -0.2) is 0 Å². The first-order valence-corrected chi connectivity index (χ1v) is 7.66. The van der Waals surface area contributed by atoms with Gasteiger partial charge in [-0.05, 0) is 49.8 Å². The maximum absolute atomic E-state index is 3.52. The fourth-order valence-electron chi connectivity index (χ4n) is 2.75. The zero-order valence-corrected chi connectivity index (χ0v) is 12.6. The highest BCUT2D eigenvalue weighted by molar-refractivity contribution is 9.08. The number of halogens is 1. The Morgan fingerprint density at radius 1 is 1.29 bits per heavy atom. The molecule has 2 atom stereocenters. The van der Waals surface area contributed by atoms with E-state index in [0.29, 0.717) is 6.04 Å². The summed E-state index contributed by atoms with van der Waals surface area (Å²) < 4.78 is 0. The van der Waals surface area contributed by atoms with Crippen molar-refractivity contribution in [2.75, 3.05) is 11.4 Å². The summed E-state index contributed by atoms with van der Waals surface area (Å²) in [4.78, 5) is 2.58. The third-order valence-corrected chi connectivity index (χ3v) is 4.49. The number of hydrogen-bond acceptors (Lipinski definition) is 1. The summed E-state index contributed by atoms with van der Waals surface area (Å²) in [5.41, 5.74) is 4.20. The van der Waals surface area contributed by atoms with Crippen LogP contribution in [0, 0.1) is 12.8 Å². The second-order valence-corrected chi connectivity index (χ2v) is 6.00. The quantitative estimate of drug-likeness (QED) is 0.726. The van der Waals surface area contributed by atoms with Crippen molar-refractivity contribution in [2.45, 2.75) is 45.0 Å². The molecule has 0 bridgehead atoms. The lowest BCUT2D eigenvalue weighted by Gasteiger charge is -2.39. The smallest absolute Gasteiger partial charge is 0.0398 e. The van der Waals surface area contributed by atoms with Crippen molar-refractivity contribution in [3.8, 4) is 0 Å². The zero-order valence-electron chi connectivity index (χ0n) is 11.0. The summed E-state index contributed by atoms with van der Waals surface area (Å²) in [5.74, 6) is 0.821. The number of benzene rings is 1. The van der Waals surface area contributed by atoms with Crippen LogP contribution < -0.4 is 4.90 Å². The van der Waals surface area contributed by atoms with Crippen LogP contribution in [0.1, 0.15) is 37.8 Å². The Morgan fingerprint density at radius 2 is 2.06 bits per heavy atom. The highest BCUT2D eigenvalue weighted by Crippen LogP contribution is 2.30. The van der Waals surface area contributed by atoms with E-state index < -0.39 is 0 Å². The fourth-order valence-corrected chi connectivity index (χ4v) is 3.10. The van der Waals surface area contributed by atoms with Gasteiger partial charge in [0.1, 0.15) is 0 Å². The van der Waals surface area contributed by atoms with Crippen molar-refractivity contribution < 1.29 is 0 Å². The highest BCUT2D eigenvalue weighted by atomic mass is 79.9. The van der Waals surface area contributed by atoms with Gasteiger partial charge in [0, 0.05) is 23.6 Å². The van der Waals surface area contributed by atoms with Gasteiger partial charge >= 0.3 is 0 Å². The lowest BCUT2D eigenvalue weighted by molar-refractivity contribution is 0.390. The molecule has 1 aliphatic rings. The summed E-state index contributed by atoms with van der Waals surface area (Å²) in [6.07, 6.45) is 2.69. The third-order valence-electron chi connectivity index (χ3n) is 3.84. The van der Waals surface area contributed by atoms with E-state index >= 15 is 0 Å². The van der Waals surface area contributed by atoms with Crippen molar-refractivity contribution in [3.63, 3.8) is 0 Å². The Hall–Kier alpha value is -0.500. The first-order chi connectivity index (χ1) is 8.11. The lowest BCUT2D eigenvalue weighted by atomic mass is 9.93.